The van der Waals surface area contributed by atoms with Crippen molar-refractivity contribution in [2.45, 2.75) is 39.8 Å². The standard InChI is InChI=1S/C35H34FNO6/c1-21-7-8-23(36)17-31(21)41-20-29-27(15-16-30-33(29)22(2)19-35(3,4)37-30)28-14-13-26(18-32(28)40-6)43-34(38)42-25-11-9-24(39-5)10-12-25/h7-19,37H,20H2,1-6H3. The van der Waals surface area contributed by atoms with Crippen LogP contribution in [0, 0.1) is 12.7 Å². The number of anilines is 1. The zero-order valence-electron chi connectivity index (χ0n) is 25.0. The second-order valence-corrected chi connectivity index (χ2v) is 10.9. The molecule has 1 N–H and O–H groups in total. The first-order valence-corrected chi connectivity index (χ1v) is 13.8. The molecule has 0 fully saturated rings. The van der Waals surface area contributed by atoms with Gasteiger partial charge in [-0.15, -0.1) is 0 Å². The van der Waals surface area contributed by atoms with Gasteiger partial charge in [-0.2, -0.15) is 0 Å². The van der Waals surface area contributed by atoms with Gasteiger partial charge in [-0.05, 0) is 92.9 Å². The van der Waals surface area contributed by atoms with E-state index in [1.165, 1.54) is 12.1 Å². The second-order valence-electron chi connectivity index (χ2n) is 10.9. The minimum atomic E-state index is -0.886. The molecule has 0 spiro atoms. The SMILES string of the molecule is COc1ccc(OC(=O)Oc2ccc(-c3ccc4c(c3COc3cc(F)ccc3C)C(C)=CC(C)(C)N4)c(OC)c2)cc1. The third-order valence-corrected chi connectivity index (χ3v) is 7.19. The summed E-state index contributed by atoms with van der Waals surface area (Å²) in [5.41, 5.74) is 6.23. The molecule has 1 aliphatic rings. The summed E-state index contributed by atoms with van der Waals surface area (Å²) in [5.74, 6) is 1.82. The van der Waals surface area contributed by atoms with E-state index < -0.39 is 6.16 Å². The van der Waals surface area contributed by atoms with Crippen molar-refractivity contribution < 1.29 is 32.9 Å². The summed E-state index contributed by atoms with van der Waals surface area (Å²) < 4.78 is 41.9. The summed E-state index contributed by atoms with van der Waals surface area (Å²) in [6.45, 7) is 8.37. The van der Waals surface area contributed by atoms with E-state index >= 15 is 0 Å². The number of aryl methyl sites for hydroxylation is 1. The van der Waals surface area contributed by atoms with E-state index in [9.17, 15) is 9.18 Å². The Balaban J connectivity index is 1.48. The summed E-state index contributed by atoms with van der Waals surface area (Å²) in [6, 6.07) is 20.3. The van der Waals surface area contributed by atoms with Gasteiger partial charge in [-0.1, -0.05) is 18.2 Å². The highest BCUT2D eigenvalue weighted by atomic mass is 19.1. The molecular weight excluding hydrogens is 549 g/mol. The molecule has 0 atom stereocenters. The summed E-state index contributed by atoms with van der Waals surface area (Å²) in [6.07, 6.45) is 1.29. The molecule has 0 unspecified atom stereocenters. The lowest BCUT2D eigenvalue weighted by molar-refractivity contribution is 0.151. The number of carbonyl (C=O) groups excluding carboxylic acids is 1. The number of ether oxygens (including phenoxy) is 5. The van der Waals surface area contributed by atoms with Crippen molar-refractivity contribution >= 4 is 17.4 Å². The van der Waals surface area contributed by atoms with Gasteiger partial charge >= 0.3 is 6.16 Å². The summed E-state index contributed by atoms with van der Waals surface area (Å²) in [5, 5.41) is 3.59. The molecular formula is C35H34FNO6. The molecule has 0 aliphatic carbocycles. The van der Waals surface area contributed by atoms with Gasteiger partial charge in [0.15, 0.2) is 0 Å². The van der Waals surface area contributed by atoms with Gasteiger partial charge in [0.1, 0.15) is 41.2 Å². The Labute approximate surface area is 250 Å². The van der Waals surface area contributed by atoms with Crippen molar-refractivity contribution in [2.24, 2.45) is 0 Å². The maximum absolute atomic E-state index is 14.1. The number of hydrogen-bond donors (Lipinski definition) is 1. The number of carbonyl (C=O) groups is 1. The Kier molecular flexibility index (Phi) is 8.30. The van der Waals surface area contributed by atoms with E-state index in [2.05, 4.69) is 32.2 Å². The summed E-state index contributed by atoms with van der Waals surface area (Å²) >= 11 is 0. The molecule has 4 aromatic rings. The van der Waals surface area contributed by atoms with E-state index in [1.807, 2.05) is 25.1 Å². The first kappa shape index (κ1) is 29.5. The number of fused-ring (bicyclic) bond motifs is 1. The minimum Gasteiger partial charge on any atom is -0.497 e. The van der Waals surface area contributed by atoms with Crippen LogP contribution in [0.15, 0.2) is 78.9 Å². The van der Waals surface area contributed by atoms with Gasteiger partial charge in [-0.3, -0.25) is 0 Å². The van der Waals surface area contributed by atoms with Crippen LogP contribution in [0.4, 0.5) is 14.9 Å². The molecule has 222 valence electrons. The molecule has 7 nitrogen and oxygen atoms in total. The average Bonchev–Trinajstić information content (AvgIpc) is 2.97. The number of methoxy groups -OCH3 is 2. The number of halogens is 1. The Hall–Kier alpha value is -4.98. The normalized spacial score (nSPS) is 13.2. The van der Waals surface area contributed by atoms with Crippen LogP contribution in [0.5, 0.6) is 28.7 Å². The molecule has 0 bridgehead atoms. The third-order valence-electron chi connectivity index (χ3n) is 7.19. The number of benzene rings is 4. The second kappa shape index (κ2) is 12.1. The molecule has 1 heterocycles. The van der Waals surface area contributed by atoms with Crippen LogP contribution in [0.3, 0.4) is 0 Å². The highest BCUT2D eigenvalue weighted by Gasteiger charge is 2.27. The van der Waals surface area contributed by atoms with Gasteiger partial charge in [0, 0.05) is 34.5 Å². The van der Waals surface area contributed by atoms with Gasteiger partial charge < -0.3 is 29.0 Å². The smallest absolute Gasteiger partial charge is 0.497 e. The fourth-order valence-corrected chi connectivity index (χ4v) is 5.30. The Morgan fingerprint density at radius 3 is 2.19 bits per heavy atom. The number of allylic oxidation sites excluding steroid dienone is 1. The number of nitrogens with one attached hydrogen (secondary N) is 1. The van der Waals surface area contributed by atoms with Crippen molar-refractivity contribution in [3.63, 3.8) is 0 Å². The summed E-state index contributed by atoms with van der Waals surface area (Å²) in [7, 11) is 3.11. The lowest BCUT2D eigenvalue weighted by Crippen LogP contribution is -2.32. The van der Waals surface area contributed by atoms with Crippen molar-refractivity contribution in [1.29, 1.82) is 0 Å². The van der Waals surface area contributed by atoms with Crippen LogP contribution in [0.25, 0.3) is 16.7 Å². The molecule has 5 rings (SSSR count). The maximum atomic E-state index is 14.1. The minimum absolute atomic E-state index is 0.186. The highest BCUT2D eigenvalue weighted by molar-refractivity contribution is 5.88. The zero-order chi connectivity index (χ0) is 30.7. The number of hydrogen-bond acceptors (Lipinski definition) is 7. The van der Waals surface area contributed by atoms with Gasteiger partial charge in [0.2, 0.25) is 0 Å². The molecule has 0 saturated carbocycles. The van der Waals surface area contributed by atoms with Gasteiger partial charge in [0.25, 0.3) is 0 Å². The predicted octanol–water partition coefficient (Wildman–Crippen LogP) is 8.58. The Morgan fingerprint density at radius 2 is 1.47 bits per heavy atom. The van der Waals surface area contributed by atoms with E-state index in [1.54, 1.807) is 56.7 Å². The van der Waals surface area contributed by atoms with E-state index in [-0.39, 0.29) is 23.7 Å². The highest BCUT2D eigenvalue weighted by Crippen LogP contribution is 2.43. The largest absolute Gasteiger partial charge is 0.519 e. The predicted molar refractivity (Wildman–Crippen MR) is 165 cm³/mol. The van der Waals surface area contributed by atoms with Crippen LogP contribution in [-0.2, 0) is 6.61 Å². The maximum Gasteiger partial charge on any atom is 0.519 e. The topological polar surface area (TPSA) is 75.3 Å². The third kappa shape index (κ3) is 6.59. The number of rotatable bonds is 8. The summed E-state index contributed by atoms with van der Waals surface area (Å²) in [4.78, 5) is 12.5. The van der Waals surface area contributed by atoms with Gasteiger partial charge in [-0.25, -0.2) is 9.18 Å². The average molecular weight is 584 g/mol. The molecule has 8 heteroatoms. The Bertz CT molecular complexity index is 1690. The van der Waals surface area contributed by atoms with E-state index in [4.69, 9.17) is 23.7 Å². The van der Waals surface area contributed by atoms with Gasteiger partial charge in [0.05, 0.1) is 19.8 Å². The molecule has 4 aromatic carbocycles. The van der Waals surface area contributed by atoms with Crippen molar-refractivity contribution in [2.75, 3.05) is 19.5 Å². The van der Waals surface area contributed by atoms with Crippen LogP contribution in [0.1, 0.15) is 37.5 Å². The van der Waals surface area contributed by atoms with Crippen LogP contribution in [-0.4, -0.2) is 25.9 Å². The fraction of sp³-hybridized carbons (Fsp3) is 0.229. The van der Waals surface area contributed by atoms with Crippen LogP contribution >= 0.6 is 0 Å². The lowest BCUT2D eigenvalue weighted by Gasteiger charge is -2.33. The van der Waals surface area contributed by atoms with Crippen LogP contribution < -0.4 is 29.0 Å². The molecule has 0 radical (unpaired) electrons. The Morgan fingerprint density at radius 1 is 0.791 bits per heavy atom. The molecule has 0 aromatic heterocycles. The molecule has 0 saturated heterocycles. The quantitative estimate of drug-likeness (QED) is 0.164. The fourth-order valence-electron chi connectivity index (χ4n) is 5.30. The first-order valence-electron chi connectivity index (χ1n) is 13.8. The first-order chi connectivity index (χ1) is 20.6. The molecule has 0 amide bonds. The lowest BCUT2D eigenvalue weighted by atomic mass is 9.85. The molecule has 1 aliphatic heterocycles. The van der Waals surface area contributed by atoms with Crippen molar-refractivity contribution in [1.82, 2.24) is 0 Å². The van der Waals surface area contributed by atoms with E-state index in [0.29, 0.717) is 23.0 Å². The van der Waals surface area contributed by atoms with E-state index in [0.717, 1.165) is 39.1 Å². The zero-order valence-corrected chi connectivity index (χ0v) is 25.0. The van der Waals surface area contributed by atoms with Crippen molar-refractivity contribution in [3.8, 4) is 39.9 Å². The van der Waals surface area contributed by atoms with Crippen molar-refractivity contribution in [3.05, 3.63) is 101 Å². The monoisotopic (exact) mass is 583 g/mol. The van der Waals surface area contributed by atoms with Crippen LogP contribution in [0.2, 0.25) is 0 Å². The molecule has 43 heavy (non-hydrogen) atoms.